The second kappa shape index (κ2) is 9.23. The molecule has 0 aromatic carbocycles. The Bertz CT molecular complexity index is 156. The smallest absolute Gasteiger partial charge is 0.0594 e. The van der Waals surface area contributed by atoms with Crippen LogP contribution in [0.4, 0.5) is 0 Å². The van der Waals surface area contributed by atoms with E-state index in [1.54, 1.807) is 0 Å². The zero-order valence-corrected chi connectivity index (χ0v) is 11.1. The fourth-order valence-electron chi connectivity index (χ4n) is 1.97. The number of hydrogen-bond acceptors (Lipinski definition) is 3. The Kier molecular flexibility index (Phi) is 8.21. The third-order valence-electron chi connectivity index (χ3n) is 3.24. The lowest BCUT2D eigenvalue weighted by molar-refractivity contribution is 0.0383. The monoisotopic (exact) mass is 248 g/mol. The zero-order valence-electron chi connectivity index (χ0n) is 10.4. The standard InChI is InChI=1S/C12H25ClN2O/c1-2-12(3-4-13)11-14-5-6-15-7-9-16-10-8-15/h12,14H,2-11H2,1H3. The number of rotatable bonds is 8. The Hall–Kier alpha value is 0.170. The van der Waals surface area contributed by atoms with Gasteiger partial charge in [-0.25, -0.2) is 0 Å². The van der Waals surface area contributed by atoms with Gasteiger partial charge in [0.25, 0.3) is 0 Å². The number of alkyl halides is 1. The first-order valence-corrected chi connectivity index (χ1v) is 6.97. The van der Waals surface area contributed by atoms with E-state index in [4.69, 9.17) is 16.3 Å². The van der Waals surface area contributed by atoms with Gasteiger partial charge in [-0.3, -0.25) is 4.90 Å². The van der Waals surface area contributed by atoms with Crippen LogP contribution < -0.4 is 5.32 Å². The Morgan fingerprint density at radius 3 is 2.75 bits per heavy atom. The van der Waals surface area contributed by atoms with Gasteiger partial charge in [0.2, 0.25) is 0 Å². The van der Waals surface area contributed by atoms with Gasteiger partial charge in [0.1, 0.15) is 0 Å². The van der Waals surface area contributed by atoms with Gasteiger partial charge in [-0.15, -0.1) is 11.6 Å². The van der Waals surface area contributed by atoms with Gasteiger partial charge in [0.05, 0.1) is 13.2 Å². The van der Waals surface area contributed by atoms with Crippen LogP contribution in [-0.4, -0.2) is 56.7 Å². The van der Waals surface area contributed by atoms with Gasteiger partial charge >= 0.3 is 0 Å². The van der Waals surface area contributed by atoms with E-state index in [1.165, 1.54) is 6.42 Å². The van der Waals surface area contributed by atoms with Gasteiger partial charge in [0.15, 0.2) is 0 Å². The highest BCUT2D eigenvalue weighted by atomic mass is 35.5. The SMILES string of the molecule is CCC(CCCl)CNCCN1CCOCC1. The number of nitrogens with zero attached hydrogens (tertiary/aromatic N) is 1. The largest absolute Gasteiger partial charge is 0.379 e. The van der Waals surface area contributed by atoms with Crippen LogP contribution >= 0.6 is 11.6 Å². The van der Waals surface area contributed by atoms with E-state index in [-0.39, 0.29) is 0 Å². The molecular formula is C12H25ClN2O. The van der Waals surface area contributed by atoms with Crippen molar-refractivity contribution < 1.29 is 4.74 Å². The van der Waals surface area contributed by atoms with Crippen LogP contribution in [0.5, 0.6) is 0 Å². The third-order valence-corrected chi connectivity index (χ3v) is 3.45. The number of hydrogen-bond donors (Lipinski definition) is 1. The highest BCUT2D eigenvalue weighted by Crippen LogP contribution is 2.07. The Balaban J connectivity index is 1.97. The van der Waals surface area contributed by atoms with Gasteiger partial charge < -0.3 is 10.1 Å². The molecule has 1 unspecified atom stereocenters. The molecule has 0 radical (unpaired) electrons. The first-order valence-electron chi connectivity index (χ1n) is 6.43. The van der Waals surface area contributed by atoms with Crippen molar-refractivity contribution in [1.29, 1.82) is 0 Å². The van der Waals surface area contributed by atoms with Crippen LogP contribution in [-0.2, 0) is 4.74 Å². The van der Waals surface area contributed by atoms with E-state index < -0.39 is 0 Å². The Labute approximate surface area is 104 Å². The highest BCUT2D eigenvalue weighted by molar-refractivity contribution is 6.17. The summed E-state index contributed by atoms with van der Waals surface area (Å²) in [5.74, 6) is 1.52. The summed E-state index contributed by atoms with van der Waals surface area (Å²) in [6.07, 6.45) is 2.35. The van der Waals surface area contributed by atoms with Crippen LogP contribution in [0.2, 0.25) is 0 Å². The molecule has 0 aromatic rings. The van der Waals surface area contributed by atoms with E-state index in [9.17, 15) is 0 Å². The van der Waals surface area contributed by atoms with Crippen molar-refractivity contribution in [2.24, 2.45) is 5.92 Å². The third kappa shape index (κ3) is 6.04. The quantitative estimate of drug-likeness (QED) is 0.521. The summed E-state index contributed by atoms with van der Waals surface area (Å²) in [6, 6.07) is 0. The lowest BCUT2D eigenvalue weighted by Crippen LogP contribution is -2.40. The maximum Gasteiger partial charge on any atom is 0.0594 e. The van der Waals surface area contributed by atoms with Gasteiger partial charge in [-0.2, -0.15) is 0 Å². The predicted molar refractivity (Wildman–Crippen MR) is 69.2 cm³/mol. The molecule has 16 heavy (non-hydrogen) atoms. The second-order valence-corrected chi connectivity index (χ2v) is 4.79. The molecule has 1 aliphatic heterocycles. The molecule has 3 nitrogen and oxygen atoms in total. The summed E-state index contributed by atoms with van der Waals surface area (Å²) in [5, 5.41) is 3.53. The first kappa shape index (κ1) is 14.2. The van der Waals surface area contributed by atoms with Crippen molar-refractivity contribution in [2.75, 3.05) is 51.8 Å². The average molecular weight is 249 g/mol. The van der Waals surface area contributed by atoms with Crippen LogP contribution in [0, 0.1) is 5.92 Å². The van der Waals surface area contributed by atoms with Crippen molar-refractivity contribution in [2.45, 2.75) is 19.8 Å². The van der Waals surface area contributed by atoms with E-state index in [2.05, 4.69) is 17.1 Å². The molecule has 1 saturated heterocycles. The molecule has 0 aliphatic carbocycles. The van der Waals surface area contributed by atoms with E-state index in [0.29, 0.717) is 0 Å². The molecule has 1 fully saturated rings. The summed E-state index contributed by atoms with van der Waals surface area (Å²) < 4.78 is 5.32. The fraction of sp³-hybridized carbons (Fsp3) is 1.00. The van der Waals surface area contributed by atoms with Crippen LogP contribution in [0.15, 0.2) is 0 Å². The van der Waals surface area contributed by atoms with Gasteiger partial charge in [-0.1, -0.05) is 13.3 Å². The molecule has 4 heteroatoms. The minimum atomic E-state index is 0.738. The topological polar surface area (TPSA) is 24.5 Å². The minimum Gasteiger partial charge on any atom is -0.379 e. The van der Waals surface area contributed by atoms with Crippen molar-refractivity contribution in [3.8, 4) is 0 Å². The molecule has 1 N–H and O–H groups in total. The maximum absolute atomic E-state index is 5.76. The van der Waals surface area contributed by atoms with E-state index >= 15 is 0 Å². The molecule has 0 spiro atoms. The van der Waals surface area contributed by atoms with Crippen LogP contribution in [0.1, 0.15) is 19.8 Å². The number of ether oxygens (including phenoxy) is 1. The molecule has 1 atom stereocenters. The lowest BCUT2D eigenvalue weighted by atomic mass is 10.0. The summed E-state index contributed by atoms with van der Waals surface area (Å²) in [6.45, 7) is 9.52. The zero-order chi connectivity index (χ0) is 11.6. The second-order valence-electron chi connectivity index (χ2n) is 4.41. The molecule has 1 heterocycles. The molecule has 0 bridgehead atoms. The van der Waals surface area contributed by atoms with Crippen LogP contribution in [0.3, 0.4) is 0 Å². The summed E-state index contributed by atoms with van der Waals surface area (Å²) in [7, 11) is 0. The molecule has 1 rings (SSSR count). The van der Waals surface area contributed by atoms with Gasteiger partial charge in [0, 0.05) is 32.1 Å². The van der Waals surface area contributed by atoms with Crippen molar-refractivity contribution in [1.82, 2.24) is 10.2 Å². The normalized spacial score (nSPS) is 19.9. The van der Waals surface area contributed by atoms with Crippen molar-refractivity contribution in [3.63, 3.8) is 0 Å². The minimum absolute atomic E-state index is 0.738. The fourth-order valence-corrected chi connectivity index (χ4v) is 2.28. The summed E-state index contributed by atoms with van der Waals surface area (Å²) >= 11 is 5.76. The van der Waals surface area contributed by atoms with Crippen molar-refractivity contribution >= 4 is 11.6 Å². The molecular weight excluding hydrogens is 224 g/mol. The lowest BCUT2D eigenvalue weighted by Gasteiger charge is -2.26. The van der Waals surface area contributed by atoms with Crippen LogP contribution in [0.25, 0.3) is 0 Å². The number of nitrogens with one attached hydrogen (secondary N) is 1. The molecule has 0 aromatic heterocycles. The molecule has 0 amide bonds. The Morgan fingerprint density at radius 1 is 1.38 bits per heavy atom. The van der Waals surface area contributed by atoms with E-state index in [0.717, 1.165) is 64.2 Å². The summed E-state index contributed by atoms with van der Waals surface area (Å²) in [4.78, 5) is 2.46. The number of morpholine rings is 1. The number of halogens is 1. The van der Waals surface area contributed by atoms with Crippen molar-refractivity contribution in [3.05, 3.63) is 0 Å². The summed E-state index contributed by atoms with van der Waals surface area (Å²) in [5.41, 5.74) is 0. The average Bonchev–Trinajstić information content (AvgIpc) is 2.34. The molecule has 1 aliphatic rings. The molecule has 0 saturated carbocycles. The first-order chi connectivity index (χ1) is 7.86. The maximum atomic E-state index is 5.76. The van der Waals surface area contributed by atoms with Gasteiger partial charge in [-0.05, 0) is 18.9 Å². The highest BCUT2D eigenvalue weighted by Gasteiger charge is 2.09. The van der Waals surface area contributed by atoms with E-state index in [1.807, 2.05) is 0 Å². The molecule has 96 valence electrons. The Morgan fingerprint density at radius 2 is 2.12 bits per heavy atom. The predicted octanol–water partition coefficient (Wildman–Crippen LogP) is 1.56.